The predicted octanol–water partition coefficient (Wildman–Crippen LogP) is 1.64. The molecule has 1 aromatic heterocycles. The first-order valence-electron chi connectivity index (χ1n) is 5.93. The first-order chi connectivity index (χ1) is 9.04. The summed E-state index contributed by atoms with van der Waals surface area (Å²) in [6.45, 7) is 1.94. The van der Waals surface area contributed by atoms with Gasteiger partial charge in [0.25, 0.3) is 0 Å². The Labute approximate surface area is 108 Å². The van der Waals surface area contributed by atoms with Crippen molar-refractivity contribution in [2.45, 2.75) is 25.8 Å². The van der Waals surface area contributed by atoms with Crippen molar-refractivity contribution in [3.8, 4) is 5.69 Å². The lowest BCUT2D eigenvalue weighted by molar-refractivity contribution is 0.561. The van der Waals surface area contributed by atoms with E-state index in [0.717, 1.165) is 17.1 Å². The normalized spacial score (nSPS) is 12.6. The lowest BCUT2D eigenvalue weighted by Crippen LogP contribution is -2.22. The van der Waals surface area contributed by atoms with Crippen molar-refractivity contribution in [3.05, 3.63) is 46.1 Å². The van der Waals surface area contributed by atoms with E-state index in [9.17, 15) is 13.6 Å². The Morgan fingerprint density at radius 1 is 1.47 bits per heavy atom. The highest BCUT2D eigenvalue weighted by atomic mass is 19.1. The molecular weight excluding hydrogens is 254 g/mol. The van der Waals surface area contributed by atoms with Crippen LogP contribution in [0.25, 0.3) is 5.69 Å². The number of benzene rings is 1. The predicted molar refractivity (Wildman–Crippen MR) is 65.9 cm³/mol. The first-order valence-corrected chi connectivity index (χ1v) is 5.93. The van der Waals surface area contributed by atoms with Gasteiger partial charge in [0.1, 0.15) is 11.6 Å². The van der Waals surface area contributed by atoms with Crippen LogP contribution in [0.3, 0.4) is 0 Å². The number of hydrogen-bond donors (Lipinski definition) is 2. The van der Waals surface area contributed by atoms with Crippen LogP contribution in [0.5, 0.6) is 0 Å². The quantitative estimate of drug-likeness (QED) is 0.885. The van der Waals surface area contributed by atoms with Gasteiger partial charge in [-0.15, -0.1) is 0 Å². The summed E-state index contributed by atoms with van der Waals surface area (Å²) in [6.07, 6.45) is 1.40. The summed E-state index contributed by atoms with van der Waals surface area (Å²) in [5.74, 6) is -1.32. The molecule has 0 spiro atoms. The number of aromatic amines is 1. The molecule has 0 fully saturated rings. The molecule has 3 N–H and O–H groups in total. The first kappa shape index (κ1) is 13.4. The zero-order valence-corrected chi connectivity index (χ0v) is 10.4. The van der Waals surface area contributed by atoms with E-state index in [1.54, 1.807) is 0 Å². The standard InChI is InChI=1S/C12H14F2N4O/c1-2-3-9(15)11-16-17-12(19)18(11)10-5-4-7(13)6-8(10)14/h4-6,9H,2-3,15H2,1H3,(H,17,19). The van der Waals surface area contributed by atoms with Crippen LogP contribution in [-0.2, 0) is 0 Å². The lowest BCUT2D eigenvalue weighted by Gasteiger charge is -2.12. The zero-order chi connectivity index (χ0) is 14.0. The molecule has 0 amide bonds. The summed E-state index contributed by atoms with van der Waals surface area (Å²) in [5.41, 5.74) is 5.23. The van der Waals surface area contributed by atoms with Crippen LogP contribution in [0.1, 0.15) is 31.6 Å². The monoisotopic (exact) mass is 268 g/mol. The van der Waals surface area contributed by atoms with Crippen molar-refractivity contribution >= 4 is 0 Å². The molecule has 102 valence electrons. The number of nitrogens with two attached hydrogens (primary N) is 1. The van der Waals surface area contributed by atoms with Crippen LogP contribution in [0.2, 0.25) is 0 Å². The molecule has 0 aliphatic carbocycles. The average molecular weight is 268 g/mol. The van der Waals surface area contributed by atoms with Crippen molar-refractivity contribution in [1.29, 1.82) is 0 Å². The minimum atomic E-state index is -0.839. The minimum Gasteiger partial charge on any atom is -0.321 e. The molecule has 0 saturated heterocycles. The Morgan fingerprint density at radius 3 is 2.84 bits per heavy atom. The molecule has 0 aliphatic rings. The van der Waals surface area contributed by atoms with E-state index in [1.807, 2.05) is 6.92 Å². The van der Waals surface area contributed by atoms with Crippen molar-refractivity contribution in [2.24, 2.45) is 5.73 Å². The molecule has 5 nitrogen and oxygen atoms in total. The maximum atomic E-state index is 13.7. The van der Waals surface area contributed by atoms with Crippen LogP contribution >= 0.6 is 0 Å². The topological polar surface area (TPSA) is 76.7 Å². The van der Waals surface area contributed by atoms with Gasteiger partial charge in [0.05, 0.1) is 11.7 Å². The number of nitrogens with zero attached hydrogens (tertiary/aromatic N) is 2. The van der Waals surface area contributed by atoms with E-state index >= 15 is 0 Å². The maximum Gasteiger partial charge on any atom is 0.348 e. The fourth-order valence-corrected chi connectivity index (χ4v) is 1.89. The van der Waals surface area contributed by atoms with Crippen molar-refractivity contribution in [3.63, 3.8) is 0 Å². The summed E-state index contributed by atoms with van der Waals surface area (Å²) in [6, 6.07) is 2.48. The largest absolute Gasteiger partial charge is 0.348 e. The second kappa shape index (κ2) is 5.31. The van der Waals surface area contributed by atoms with E-state index in [-0.39, 0.29) is 11.5 Å². The van der Waals surface area contributed by atoms with Gasteiger partial charge < -0.3 is 5.73 Å². The molecule has 2 rings (SSSR count). The Hall–Kier alpha value is -2.02. The number of halogens is 2. The van der Waals surface area contributed by atoms with Gasteiger partial charge in [-0.3, -0.25) is 0 Å². The number of hydrogen-bond acceptors (Lipinski definition) is 3. The third-order valence-electron chi connectivity index (χ3n) is 2.78. The van der Waals surface area contributed by atoms with Crippen LogP contribution in [-0.4, -0.2) is 14.8 Å². The van der Waals surface area contributed by atoms with Gasteiger partial charge >= 0.3 is 5.69 Å². The lowest BCUT2D eigenvalue weighted by atomic mass is 10.1. The van der Waals surface area contributed by atoms with Crippen LogP contribution in [0.15, 0.2) is 23.0 Å². The fraction of sp³-hybridized carbons (Fsp3) is 0.333. The molecule has 1 unspecified atom stereocenters. The molecule has 7 heteroatoms. The van der Waals surface area contributed by atoms with E-state index in [4.69, 9.17) is 5.73 Å². The highest BCUT2D eigenvalue weighted by Gasteiger charge is 2.19. The SMILES string of the molecule is CCCC(N)c1n[nH]c(=O)n1-c1ccc(F)cc1F. The van der Waals surface area contributed by atoms with Crippen molar-refractivity contribution in [2.75, 3.05) is 0 Å². The summed E-state index contributed by atoms with van der Waals surface area (Å²) >= 11 is 0. The Kier molecular flexibility index (Phi) is 3.75. The Morgan fingerprint density at radius 2 is 2.21 bits per heavy atom. The summed E-state index contributed by atoms with van der Waals surface area (Å²) in [4.78, 5) is 11.7. The second-order valence-electron chi connectivity index (χ2n) is 4.21. The molecule has 0 bridgehead atoms. The van der Waals surface area contributed by atoms with Crippen LogP contribution < -0.4 is 11.4 Å². The molecule has 0 radical (unpaired) electrons. The zero-order valence-electron chi connectivity index (χ0n) is 10.4. The molecule has 0 saturated carbocycles. The van der Waals surface area contributed by atoms with Gasteiger partial charge in [0, 0.05) is 6.07 Å². The van der Waals surface area contributed by atoms with E-state index in [0.29, 0.717) is 12.5 Å². The van der Waals surface area contributed by atoms with Gasteiger partial charge in [0.15, 0.2) is 5.82 Å². The molecule has 1 atom stereocenters. The van der Waals surface area contributed by atoms with Gasteiger partial charge in [-0.1, -0.05) is 13.3 Å². The third-order valence-corrected chi connectivity index (χ3v) is 2.78. The molecular formula is C12H14F2N4O. The van der Waals surface area contributed by atoms with E-state index in [2.05, 4.69) is 10.2 Å². The highest BCUT2D eigenvalue weighted by Crippen LogP contribution is 2.18. The van der Waals surface area contributed by atoms with Crippen molar-refractivity contribution < 1.29 is 8.78 Å². The summed E-state index contributed by atoms with van der Waals surface area (Å²) < 4.78 is 27.7. The molecule has 0 aliphatic heterocycles. The molecule has 19 heavy (non-hydrogen) atoms. The minimum absolute atomic E-state index is 0.0679. The van der Waals surface area contributed by atoms with E-state index in [1.165, 1.54) is 6.07 Å². The molecule has 1 aromatic carbocycles. The van der Waals surface area contributed by atoms with Gasteiger partial charge in [-0.05, 0) is 18.6 Å². The summed E-state index contributed by atoms with van der Waals surface area (Å²) in [5, 5.41) is 6.05. The Balaban J connectivity index is 2.55. The Bertz CT molecular complexity index is 635. The summed E-state index contributed by atoms with van der Waals surface area (Å²) in [7, 11) is 0. The molecule has 2 aromatic rings. The van der Waals surface area contributed by atoms with Gasteiger partial charge in [-0.25, -0.2) is 23.2 Å². The third kappa shape index (κ3) is 2.55. The number of rotatable bonds is 4. The van der Waals surface area contributed by atoms with Crippen LogP contribution in [0.4, 0.5) is 8.78 Å². The highest BCUT2D eigenvalue weighted by molar-refractivity contribution is 5.35. The van der Waals surface area contributed by atoms with Crippen LogP contribution in [0, 0.1) is 11.6 Å². The fourth-order valence-electron chi connectivity index (χ4n) is 1.89. The smallest absolute Gasteiger partial charge is 0.321 e. The number of nitrogens with one attached hydrogen (secondary N) is 1. The second-order valence-corrected chi connectivity index (χ2v) is 4.21. The van der Waals surface area contributed by atoms with Crippen molar-refractivity contribution in [1.82, 2.24) is 14.8 Å². The van der Waals surface area contributed by atoms with E-state index < -0.39 is 23.4 Å². The number of aromatic nitrogens is 3. The number of H-pyrrole nitrogens is 1. The maximum absolute atomic E-state index is 13.7. The van der Waals surface area contributed by atoms with Gasteiger partial charge in [-0.2, -0.15) is 5.10 Å². The average Bonchev–Trinajstić information content (AvgIpc) is 2.72. The van der Waals surface area contributed by atoms with Gasteiger partial charge in [0.2, 0.25) is 0 Å². The molecule has 1 heterocycles.